The Bertz CT molecular complexity index is 916. The van der Waals surface area contributed by atoms with Crippen molar-refractivity contribution in [3.63, 3.8) is 0 Å². The van der Waals surface area contributed by atoms with E-state index in [2.05, 4.69) is 34.3 Å². The topological polar surface area (TPSA) is 101 Å². The Morgan fingerprint density at radius 3 is 2.88 bits per heavy atom. The molecule has 0 saturated heterocycles. The van der Waals surface area contributed by atoms with E-state index in [0.717, 1.165) is 11.1 Å². The summed E-state index contributed by atoms with van der Waals surface area (Å²) in [7, 11) is 0. The molecule has 0 bridgehead atoms. The Morgan fingerprint density at radius 2 is 2.17 bits per heavy atom. The number of nitrogens with one attached hydrogen (secondary N) is 1. The zero-order valence-electron chi connectivity index (χ0n) is 13.5. The number of fused-ring (bicyclic) bond motifs is 1. The highest BCUT2D eigenvalue weighted by Crippen LogP contribution is 2.20. The van der Waals surface area contributed by atoms with Crippen molar-refractivity contribution in [2.24, 2.45) is 0 Å². The highest BCUT2D eigenvalue weighted by atomic mass is 16.1. The quantitative estimate of drug-likeness (QED) is 0.777. The van der Waals surface area contributed by atoms with Gasteiger partial charge in [0.15, 0.2) is 5.65 Å². The molecule has 24 heavy (non-hydrogen) atoms. The molecule has 3 heterocycles. The van der Waals surface area contributed by atoms with Crippen LogP contribution < -0.4 is 5.32 Å². The van der Waals surface area contributed by atoms with Gasteiger partial charge in [-0.3, -0.25) is 14.8 Å². The summed E-state index contributed by atoms with van der Waals surface area (Å²) in [5.41, 5.74) is 2.58. The predicted octanol–water partition coefficient (Wildman–Crippen LogP) is 2.42. The number of hydrogen-bond acceptors (Lipinski definition) is 5. The minimum Gasteiger partial charge on any atom is -0.293 e. The molecule has 0 fully saturated rings. The molecule has 0 spiro atoms. The zero-order valence-corrected chi connectivity index (χ0v) is 13.5. The smallest absolute Gasteiger partial charge is 0.249 e. The molecule has 0 aliphatic rings. The number of carbonyl (C=O) groups is 1. The molecule has 0 aliphatic heterocycles. The Kier molecular flexibility index (Phi) is 4.24. The Hall–Kier alpha value is -3.21. The van der Waals surface area contributed by atoms with E-state index in [1.54, 1.807) is 4.52 Å². The molecule has 0 radical (unpaired) electrons. The molecule has 0 aromatic carbocycles. The molecule has 0 unspecified atom stereocenters. The summed E-state index contributed by atoms with van der Waals surface area (Å²) in [5.74, 6) is -0.0427. The summed E-state index contributed by atoms with van der Waals surface area (Å²) in [4.78, 5) is 15.9. The summed E-state index contributed by atoms with van der Waals surface area (Å²) in [6, 6.07) is 6.00. The summed E-state index contributed by atoms with van der Waals surface area (Å²) < 4.78 is 3.50. The summed E-state index contributed by atoms with van der Waals surface area (Å²) in [6.45, 7) is 4.14. The van der Waals surface area contributed by atoms with E-state index < -0.39 is 0 Å². The maximum Gasteiger partial charge on any atom is 0.249 e. The van der Waals surface area contributed by atoms with Gasteiger partial charge in [-0.15, -0.1) is 5.10 Å². The summed E-state index contributed by atoms with van der Waals surface area (Å²) >= 11 is 0. The molecule has 3 aromatic heterocycles. The van der Waals surface area contributed by atoms with Gasteiger partial charge in [0.05, 0.1) is 12.3 Å². The van der Waals surface area contributed by atoms with E-state index >= 15 is 0 Å². The van der Waals surface area contributed by atoms with Crippen LogP contribution in [-0.2, 0) is 4.79 Å². The predicted molar refractivity (Wildman–Crippen MR) is 88.1 cm³/mol. The molecule has 8 nitrogen and oxygen atoms in total. The van der Waals surface area contributed by atoms with Crippen LogP contribution in [0.1, 0.15) is 32.7 Å². The molecule has 3 rings (SSSR count). The number of rotatable bonds is 5. The second-order valence-electron chi connectivity index (χ2n) is 5.67. The van der Waals surface area contributed by atoms with Crippen LogP contribution in [0.15, 0.2) is 30.7 Å². The first-order chi connectivity index (χ1) is 11.6. The lowest BCUT2D eigenvalue weighted by Gasteiger charge is -2.03. The van der Waals surface area contributed by atoms with Crippen LogP contribution in [0.2, 0.25) is 0 Å². The lowest BCUT2D eigenvalue weighted by molar-refractivity contribution is -0.116. The zero-order chi connectivity index (χ0) is 17.1. The number of amides is 1. The van der Waals surface area contributed by atoms with Crippen LogP contribution in [0.3, 0.4) is 0 Å². The summed E-state index contributed by atoms with van der Waals surface area (Å²) in [6.07, 6.45) is 5.93. The number of aromatic nitrogens is 5. The number of pyridine rings is 1. The molecule has 0 atom stereocenters. The van der Waals surface area contributed by atoms with Gasteiger partial charge < -0.3 is 0 Å². The van der Waals surface area contributed by atoms with E-state index in [9.17, 15) is 4.79 Å². The highest BCUT2D eigenvalue weighted by molar-refractivity contribution is 5.89. The lowest BCUT2D eigenvalue weighted by atomic mass is 10.2. The van der Waals surface area contributed by atoms with E-state index in [4.69, 9.17) is 5.26 Å². The second kappa shape index (κ2) is 6.50. The number of nitriles is 1. The monoisotopic (exact) mass is 323 g/mol. The molecule has 1 N–H and O–H groups in total. The van der Waals surface area contributed by atoms with Gasteiger partial charge in [0.25, 0.3) is 0 Å². The van der Waals surface area contributed by atoms with Crippen molar-refractivity contribution >= 4 is 17.5 Å². The average molecular weight is 323 g/mol. The maximum atomic E-state index is 11.6. The number of nitrogens with zero attached hydrogens (tertiary/aromatic N) is 6. The van der Waals surface area contributed by atoms with Crippen molar-refractivity contribution in [3.8, 4) is 17.2 Å². The van der Waals surface area contributed by atoms with Crippen molar-refractivity contribution in [1.29, 1.82) is 5.26 Å². The largest absolute Gasteiger partial charge is 0.293 e. The Balaban J connectivity index is 1.83. The number of anilines is 1. The average Bonchev–Trinajstić information content (AvgIpc) is 3.18. The lowest BCUT2D eigenvalue weighted by Crippen LogP contribution is -2.12. The van der Waals surface area contributed by atoms with Crippen LogP contribution >= 0.6 is 0 Å². The van der Waals surface area contributed by atoms with Gasteiger partial charge in [-0.1, -0.05) is 0 Å². The van der Waals surface area contributed by atoms with Gasteiger partial charge in [0.1, 0.15) is 0 Å². The van der Waals surface area contributed by atoms with E-state index in [0.29, 0.717) is 11.7 Å². The van der Waals surface area contributed by atoms with Crippen LogP contribution in [-0.4, -0.2) is 30.3 Å². The molecule has 0 saturated carbocycles. The van der Waals surface area contributed by atoms with Crippen LogP contribution in [0, 0.1) is 11.3 Å². The summed E-state index contributed by atoms with van der Waals surface area (Å²) in [5, 5.41) is 19.7. The minimum absolute atomic E-state index is 0.131. The van der Waals surface area contributed by atoms with Gasteiger partial charge in [0.2, 0.25) is 11.9 Å². The molecular formula is C16H17N7O. The second-order valence-corrected chi connectivity index (χ2v) is 5.67. The first-order valence-corrected chi connectivity index (χ1v) is 7.64. The third-order valence-electron chi connectivity index (χ3n) is 3.51. The van der Waals surface area contributed by atoms with Crippen molar-refractivity contribution < 1.29 is 4.79 Å². The Morgan fingerprint density at radius 1 is 1.33 bits per heavy atom. The van der Waals surface area contributed by atoms with Gasteiger partial charge in [-0.05, 0) is 26.0 Å². The van der Waals surface area contributed by atoms with E-state index in [1.165, 1.54) is 0 Å². The van der Waals surface area contributed by atoms with Crippen molar-refractivity contribution in [2.75, 3.05) is 5.32 Å². The van der Waals surface area contributed by atoms with Crippen molar-refractivity contribution in [2.45, 2.75) is 32.7 Å². The maximum absolute atomic E-state index is 11.6. The normalized spacial score (nSPS) is 10.9. The van der Waals surface area contributed by atoms with Gasteiger partial charge in [0, 0.05) is 42.4 Å². The van der Waals surface area contributed by atoms with Crippen LogP contribution in [0.5, 0.6) is 0 Å². The third-order valence-corrected chi connectivity index (χ3v) is 3.51. The van der Waals surface area contributed by atoms with Crippen molar-refractivity contribution in [1.82, 2.24) is 24.4 Å². The fraction of sp³-hybridized carbons (Fsp3) is 0.312. The molecule has 122 valence electrons. The first-order valence-electron chi connectivity index (χ1n) is 7.64. The molecular weight excluding hydrogens is 306 g/mol. The number of carbonyl (C=O) groups excluding carboxylic acids is 1. The minimum atomic E-state index is -0.272. The van der Waals surface area contributed by atoms with Gasteiger partial charge in [-0.2, -0.15) is 15.3 Å². The molecule has 8 heteroatoms. The standard InChI is InChI=1S/C16H17N7O/c1-11(2)22-10-13(8-18-22)12-5-6-14-19-16(21-23(14)9-12)20-15(24)4-3-7-17/h5-6,8-11H,3-4H2,1-2H3,(H,20,21,24). The third kappa shape index (κ3) is 3.25. The SMILES string of the molecule is CC(C)n1cc(-c2ccc3nc(NC(=O)CCC#N)nn3c2)cn1. The Labute approximate surface area is 138 Å². The fourth-order valence-corrected chi connectivity index (χ4v) is 2.23. The van der Waals surface area contributed by atoms with E-state index in [1.807, 2.05) is 41.5 Å². The first kappa shape index (κ1) is 15.7. The highest BCUT2D eigenvalue weighted by Gasteiger charge is 2.10. The van der Waals surface area contributed by atoms with E-state index in [-0.39, 0.29) is 24.7 Å². The van der Waals surface area contributed by atoms with Gasteiger partial charge in [-0.25, -0.2) is 4.52 Å². The molecule has 1 amide bonds. The molecule has 3 aromatic rings. The fourth-order valence-electron chi connectivity index (χ4n) is 2.23. The van der Waals surface area contributed by atoms with Crippen molar-refractivity contribution in [3.05, 3.63) is 30.7 Å². The van der Waals surface area contributed by atoms with Gasteiger partial charge >= 0.3 is 0 Å². The number of hydrogen-bond donors (Lipinski definition) is 1. The van der Waals surface area contributed by atoms with Crippen LogP contribution in [0.4, 0.5) is 5.95 Å². The molecule has 0 aliphatic carbocycles. The van der Waals surface area contributed by atoms with Crippen LogP contribution in [0.25, 0.3) is 16.8 Å².